The summed E-state index contributed by atoms with van der Waals surface area (Å²) in [5.74, 6) is -2.33. The number of anilines is 1. The molecule has 146 valence electrons. The molecule has 0 saturated carbocycles. The van der Waals surface area contributed by atoms with Crippen molar-refractivity contribution in [1.82, 2.24) is 4.90 Å². The maximum Gasteiger partial charge on any atom is 0.264 e. The minimum Gasteiger partial charge on any atom is -0.332 e. The van der Waals surface area contributed by atoms with E-state index in [9.17, 15) is 18.4 Å². The number of carbonyl (C=O) groups is 2. The molecule has 0 aliphatic carbocycles. The number of likely N-dealkylation sites (N-methyl/N-ethyl adjacent to an activating group) is 1. The van der Waals surface area contributed by atoms with Crippen LogP contribution in [0.3, 0.4) is 0 Å². The molecule has 0 N–H and O–H groups in total. The molecule has 0 radical (unpaired) electrons. The highest BCUT2D eigenvalue weighted by atomic mass is 79.9. The van der Waals surface area contributed by atoms with Crippen molar-refractivity contribution < 1.29 is 18.4 Å². The van der Waals surface area contributed by atoms with Gasteiger partial charge in [0.2, 0.25) is 5.91 Å². The summed E-state index contributed by atoms with van der Waals surface area (Å²) in [5.41, 5.74) is -0.0282. The number of halogens is 3. The number of thiophene rings is 2. The topological polar surface area (TPSA) is 40.6 Å². The Morgan fingerprint density at radius 3 is 2.54 bits per heavy atom. The Hall–Kier alpha value is -2.10. The smallest absolute Gasteiger partial charge is 0.264 e. The summed E-state index contributed by atoms with van der Waals surface area (Å²) < 4.78 is 28.4. The van der Waals surface area contributed by atoms with E-state index < -0.39 is 17.5 Å². The molecule has 4 nitrogen and oxygen atoms in total. The first-order chi connectivity index (χ1) is 13.3. The largest absolute Gasteiger partial charge is 0.332 e. The van der Waals surface area contributed by atoms with Crippen molar-refractivity contribution in [1.29, 1.82) is 0 Å². The molecule has 0 saturated heterocycles. The van der Waals surface area contributed by atoms with Crippen molar-refractivity contribution >= 4 is 56.1 Å². The van der Waals surface area contributed by atoms with Crippen molar-refractivity contribution in [3.63, 3.8) is 0 Å². The average Bonchev–Trinajstić information content (AvgIpc) is 3.31. The monoisotopic (exact) mass is 484 g/mol. The van der Waals surface area contributed by atoms with Gasteiger partial charge in [-0.05, 0) is 51.6 Å². The van der Waals surface area contributed by atoms with Crippen LogP contribution in [0, 0.1) is 11.6 Å². The number of rotatable bonds is 6. The van der Waals surface area contributed by atoms with Gasteiger partial charge in [0.25, 0.3) is 5.91 Å². The van der Waals surface area contributed by atoms with Gasteiger partial charge in [-0.2, -0.15) is 0 Å². The quantitative estimate of drug-likeness (QED) is 0.484. The summed E-state index contributed by atoms with van der Waals surface area (Å²) in [5, 5.41) is 1.85. The number of hydrogen-bond donors (Lipinski definition) is 0. The zero-order valence-electron chi connectivity index (χ0n) is 14.7. The molecule has 2 aromatic heterocycles. The van der Waals surface area contributed by atoms with Gasteiger partial charge in [-0.3, -0.25) is 9.59 Å². The van der Waals surface area contributed by atoms with Gasteiger partial charge in [-0.25, -0.2) is 8.78 Å². The van der Waals surface area contributed by atoms with Gasteiger partial charge in [-0.1, -0.05) is 6.07 Å². The molecule has 2 amide bonds. The number of carbonyl (C=O) groups excluding carboxylic acids is 2. The van der Waals surface area contributed by atoms with Gasteiger partial charge < -0.3 is 9.80 Å². The van der Waals surface area contributed by atoms with Crippen LogP contribution in [0.15, 0.2) is 51.6 Å². The van der Waals surface area contributed by atoms with Gasteiger partial charge in [0.1, 0.15) is 18.2 Å². The summed E-state index contributed by atoms with van der Waals surface area (Å²) in [7, 11) is 1.51. The lowest BCUT2D eigenvalue weighted by Crippen LogP contribution is -2.41. The minimum atomic E-state index is -0.832. The molecular weight excluding hydrogens is 470 g/mol. The van der Waals surface area contributed by atoms with Crippen LogP contribution in [0.1, 0.15) is 14.5 Å². The number of nitrogens with zero attached hydrogens (tertiary/aromatic N) is 2. The van der Waals surface area contributed by atoms with Crippen molar-refractivity contribution in [2.45, 2.75) is 6.54 Å². The summed E-state index contributed by atoms with van der Waals surface area (Å²) in [6, 6.07) is 10.1. The maximum absolute atomic E-state index is 14.3. The molecule has 0 atom stereocenters. The SMILES string of the molecule is CN(CC(=O)N(Cc1cccs1)c1ccc(F)cc1F)C(=O)c1ccc(Br)s1. The molecule has 2 heterocycles. The van der Waals surface area contributed by atoms with E-state index in [2.05, 4.69) is 15.9 Å². The van der Waals surface area contributed by atoms with Gasteiger partial charge in [0.15, 0.2) is 0 Å². The number of amides is 2. The molecule has 0 aliphatic heterocycles. The zero-order valence-corrected chi connectivity index (χ0v) is 17.9. The van der Waals surface area contributed by atoms with E-state index in [1.165, 1.54) is 45.6 Å². The predicted octanol–water partition coefficient (Wildman–Crippen LogP) is 5.16. The summed E-state index contributed by atoms with van der Waals surface area (Å²) in [6.07, 6.45) is 0. The van der Waals surface area contributed by atoms with E-state index in [1.54, 1.807) is 12.1 Å². The number of hydrogen-bond acceptors (Lipinski definition) is 4. The van der Waals surface area contributed by atoms with E-state index in [-0.39, 0.29) is 24.7 Å². The van der Waals surface area contributed by atoms with Crippen molar-refractivity contribution in [2.24, 2.45) is 0 Å². The summed E-state index contributed by atoms with van der Waals surface area (Å²) in [4.78, 5) is 29.3. The van der Waals surface area contributed by atoms with Crippen LogP contribution in [0.25, 0.3) is 0 Å². The normalized spacial score (nSPS) is 10.7. The Bertz CT molecular complexity index is 992. The second kappa shape index (κ2) is 8.93. The molecule has 0 spiro atoms. The number of benzene rings is 1. The first-order valence-electron chi connectivity index (χ1n) is 8.13. The highest BCUT2D eigenvalue weighted by Crippen LogP contribution is 2.25. The molecule has 3 aromatic rings. The van der Waals surface area contributed by atoms with Crippen LogP contribution in [-0.2, 0) is 11.3 Å². The summed E-state index contributed by atoms with van der Waals surface area (Å²) in [6.45, 7) is -0.109. The van der Waals surface area contributed by atoms with Crippen LogP contribution in [0.2, 0.25) is 0 Å². The molecule has 28 heavy (non-hydrogen) atoms. The van der Waals surface area contributed by atoms with Crippen LogP contribution in [0.4, 0.5) is 14.5 Å². The second-order valence-electron chi connectivity index (χ2n) is 5.92. The molecule has 0 aliphatic rings. The molecule has 3 rings (SSSR count). The van der Waals surface area contributed by atoms with Gasteiger partial charge in [0, 0.05) is 18.0 Å². The molecule has 0 unspecified atom stereocenters. The molecule has 0 bridgehead atoms. The Morgan fingerprint density at radius 2 is 1.93 bits per heavy atom. The van der Waals surface area contributed by atoms with E-state index in [4.69, 9.17) is 0 Å². The first kappa shape index (κ1) is 20.6. The Morgan fingerprint density at radius 1 is 1.14 bits per heavy atom. The predicted molar refractivity (Wildman–Crippen MR) is 111 cm³/mol. The van der Waals surface area contributed by atoms with Crippen molar-refractivity contribution in [3.05, 3.63) is 73.0 Å². The van der Waals surface area contributed by atoms with Crippen LogP contribution in [-0.4, -0.2) is 30.3 Å². The molecular formula is C19H15BrF2N2O2S2. The second-order valence-corrected chi connectivity index (χ2v) is 9.42. The van der Waals surface area contributed by atoms with E-state index in [1.807, 2.05) is 17.5 Å². The van der Waals surface area contributed by atoms with Crippen LogP contribution in [0.5, 0.6) is 0 Å². The first-order valence-corrected chi connectivity index (χ1v) is 10.6. The highest BCUT2D eigenvalue weighted by molar-refractivity contribution is 9.11. The Labute approximate surface area is 177 Å². The van der Waals surface area contributed by atoms with Crippen LogP contribution < -0.4 is 4.90 Å². The standard InChI is InChI=1S/C19H15BrF2N2O2S2/c1-23(19(26)16-6-7-17(20)28-16)11-18(25)24(10-13-3-2-8-27-13)15-5-4-12(21)9-14(15)22/h2-9H,10-11H2,1H3. The average molecular weight is 485 g/mol. The van der Waals surface area contributed by atoms with Gasteiger partial charge in [0.05, 0.1) is 20.9 Å². The lowest BCUT2D eigenvalue weighted by Gasteiger charge is -2.25. The Kier molecular flexibility index (Phi) is 6.58. The molecule has 1 aromatic carbocycles. The zero-order chi connectivity index (χ0) is 20.3. The third-order valence-corrected chi connectivity index (χ3v) is 6.37. The van der Waals surface area contributed by atoms with E-state index >= 15 is 0 Å². The fourth-order valence-electron chi connectivity index (χ4n) is 2.54. The fraction of sp³-hybridized carbons (Fsp3) is 0.158. The lowest BCUT2D eigenvalue weighted by atomic mass is 10.2. The molecule has 9 heteroatoms. The van der Waals surface area contributed by atoms with Crippen molar-refractivity contribution in [3.8, 4) is 0 Å². The van der Waals surface area contributed by atoms with Crippen molar-refractivity contribution in [2.75, 3.05) is 18.5 Å². The van der Waals surface area contributed by atoms with Gasteiger partial charge in [-0.15, -0.1) is 22.7 Å². The fourth-order valence-corrected chi connectivity index (χ4v) is 4.62. The summed E-state index contributed by atoms with van der Waals surface area (Å²) >= 11 is 5.99. The Balaban J connectivity index is 1.82. The van der Waals surface area contributed by atoms with Gasteiger partial charge >= 0.3 is 0 Å². The maximum atomic E-state index is 14.3. The third kappa shape index (κ3) is 4.84. The highest BCUT2D eigenvalue weighted by Gasteiger charge is 2.24. The third-order valence-electron chi connectivity index (χ3n) is 3.90. The lowest BCUT2D eigenvalue weighted by molar-refractivity contribution is -0.119. The van der Waals surface area contributed by atoms with Crippen LogP contribution >= 0.6 is 38.6 Å². The van der Waals surface area contributed by atoms with E-state index in [0.717, 1.165) is 20.8 Å². The minimum absolute atomic E-state index is 0.0282. The molecule has 0 fully saturated rings. The van der Waals surface area contributed by atoms with E-state index in [0.29, 0.717) is 4.88 Å².